The molecule has 1 aliphatic rings. The zero-order valence-corrected chi connectivity index (χ0v) is 12.3. The highest BCUT2D eigenvalue weighted by Crippen LogP contribution is 2.27. The summed E-state index contributed by atoms with van der Waals surface area (Å²) in [4.78, 5) is 27.5. The van der Waals surface area contributed by atoms with Crippen molar-refractivity contribution in [3.63, 3.8) is 0 Å². The molecule has 1 N–H and O–H groups in total. The Labute approximate surface area is 126 Å². The van der Waals surface area contributed by atoms with Gasteiger partial charge in [0, 0.05) is 12.3 Å². The van der Waals surface area contributed by atoms with Gasteiger partial charge in [-0.1, -0.05) is 18.2 Å². The lowest BCUT2D eigenvalue weighted by Gasteiger charge is -2.24. The molecule has 0 aliphatic carbocycles. The van der Waals surface area contributed by atoms with E-state index in [1.165, 1.54) is 18.3 Å². The number of amides is 1. The Balaban J connectivity index is 1.67. The van der Waals surface area contributed by atoms with Crippen LogP contribution in [0.3, 0.4) is 0 Å². The molecular weight excluding hydrogens is 288 g/mol. The predicted molar refractivity (Wildman–Crippen MR) is 79.9 cm³/mol. The lowest BCUT2D eigenvalue weighted by atomic mass is 9.96. The van der Waals surface area contributed by atoms with Crippen LogP contribution < -0.4 is 10.1 Å². The number of nitrogens with one attached hydrogen (secondary N) is 1. The minimum atomic E-state index is -0.246. The molecule has 21 heavy (non-hydrogen) atoms. The molecule has 0 fully saturated rings. The molecule has 0 saturated heterocycles. The summed E-state index contributed by atoms with van der Waals surface area (Å²) in [6.45, 7) is 1.81. The maximum absolute atomic E-state index is 12.2. The Morgan fingerprint density at radius 1 is 1.38 bits per heavy atom. The standard InChI is InChI=1S/C15H14N2O3S/c1-9(18)12-8-21-15(16-12)17-14(19)11-6-10-4-2-3-5-13(10)20-7-11/h2-5,8,11H,6-7H2,1H3,(H,16,17,19). The summed E-state index contributed by atoms with van der Waals surface area (Å²) >= 11 is 1.25. The van der Waals surface area contributed by atoms with Gasteiger partial charge < -0.3 is 10.1 Å². The fourth-order valence-electron chi connectivity index (χ4n) is 2.20. The number of ketones is 1. The fraction of sp³-hybridized carbons (Fsp3) is 0.267. The third kappa shape index (κ3) is 2.95. The van der Waals surface area contributed by atoms with Gasteiger partial charge in [-0.15, -0.1) is 11.3 Å². The molecule has 0 bridgehead atoms. The summed E-state index contributed by atoms with van der Waals surface area (Å²) < 4.78 is 5.61. The lowest BCUT2D eigenvalue weighted by Crippen LogP contribution is -2.32. The second-order valence-corrected chi connectivity index (χ2v) is 5.76. The number of nitrogens with zero attached hydrogens (tertiary/aromatic N) is 1. The van der Waals surface area contributed by atoms with Gasteiger partial charge in [0.1, 0.15) is 18.1 Å². The van der Waals surface area contributed by atoms with Crippen LogP contribution in [0.15, 0.2) is 29.6 Å². The summed E-state index contributed by atoms with van der Waals surface area (Å²) in [5.74, 6) is 0.356. The first-order chi connectivity index (χ1) is 10.1. The number of para-hydroxylation sites is 1. The van der Waals surface area contributed by atoms with Crippen molar-refractivity contribution in [1.82, 2.24) is 4.98 Å². The van der Waals surface area contributed by atoms with E-state index in [2.05, 4.69) is 10.3 Å². The molecule has 5 nitrogen and oxygen atoms in total. The van der Waals surface area contributed by atoms with E-state index in [9.17, 15) is 9.59 Å². The topological polar surface area (TPSA) is 68.3 Å². The summed E-state index contributed by atoms with van der Waals surface area (Å²) in [6.07, 6.45) is 0.646. The summed E-state index contributed by atoms with van der Waals surface area (Å²) in [7, 11) is 0. The van der Waals surface area contributed by atoms with Crippen molar-refractivity contribution in [2.75, 3.05) is 11.9 Å². The van der Waals surface area contributed by atoms with Gasteiger partial charge in [0.25, 0.3) is 0 Å². The van der Waals surface area contributed by atoms with Crippen LogP contribution in [0.25, 0.3) is 0 Å². The number of carbonyl (C=O) groups is 2. The number of anilines is 1. The Bertz CT molecular complexity index is 696. The van der Waals surface area contributed by atoms with Crippen molar-refractivity contribution >= 4 is 28.2 Å². The molecule has 1 atom stereocenters. The number of benzene rings is 1. The second kappa shape index (κ2) is 5.65. The first-order valence-corrected chi connectivity index (χ1v) is 7.49. The normalized spacial score (nSPS) is 16.7. The third-order valence-corrected chi connectivity index (χ3v) is 4.10. The fourth-order valence-corrected chi connectivity index (χ4v) is 2.95. The van der Waals surface area contributed by atoms with E-state index in [0.29, 0.717) is 23.9 Å². The maximum Gasteiger partial charge on any atom is 0.233 e. The van der Waals surface area contributed by atoms with Gasteiger partial charge in [-0.3, -0.25) is 9.59 Å². The van der Waals surface area contributed by atoms with Crippen LogP contribution in [0.4, 0.5) is 5.13 Å². The number of hydrogen-bond donors (Lipinski definition) is 1. The Hall–Kier alpha value is -2.21. The zero-order valence-electron chi connectivity index (χ0n) is 11.5. The van der Waals surface area contributed by atoms with Gasteiger partial charge in [-0.25, -0.2) is 4.98 Å². The third-order valence-electron chi connectivity index (χ3n) is 3.34. The molecule has 1 unspecified atom stereocenters. The van der Waals surface area contributed by atoms with Crippen molar-refractivity contribution in [1.29, 1.82) is 0 Å². The molecule has 2 aromatic rings. The van der Waals surface area contributed by atoms with Crippen LogP contribution in [0.5, 0.6) is 5.75 Å². The Kier molecular flexibility index (Phi) is 3.70. The Morgan fingerprint density at radius 3 is 2.95 bits per heavy atom. The van der Waals surface area contributed by atoms with Gasteiger partial charge in [0.15, 0.2) is 10.9 Å². The molecule has 1 aliphatic heterocycles. The van der Waals surface area contributed by atoms with E-state index >= 15 is 0 Å². The molecular formula is C15H14N2O3S. The monoisotopic (exact) mass is 302 g/mol. The van der Waals surface area contributed by atoms with Gasteiger partial charge in [0.2, 0.25) is 5.91 Å². The van der Waals surface area contributed by atoms with Crippen LogP contribution in [0.2, 0.25) is 0 Å². The van der Waals surface area contributed by atoms with Crippen molar-refractivity contribution in [3.05, 3.63) is 40.9 Å². The number of hydrogen-bond acceptors (Lipinski definition) is 5. The second-order valence-electron chi connectivity index (χ2n) is 4.90. The van der Waals surface area contributed by atoms with E-state index in [4.69, 9.17) is 4.74 Å². The molecule has 1 amide bonds. The molecule has 0 radical (unpaired) electrons. The Morgan fingerprint density at radius 2 is 2.19 bits per heavy atom. The highest BCUT2D eigenvalue weighted by molar-refractivity contribution is 7.14. The smallest absolute Gasteiger partial charge is 0.233 e. The number of carbonyl (C=O) groups excluding carboxylic acids is 2. The molecule has 108 valence electrons. The van der Waals surface area contributed by atoms with Gasteiger partial charge in [-0.05, 0) is 18.1 Å². The van der Waals surface area contributed by atoms with Crippen LogP contribution in [-0.4, -0.2) is 23.3 Å². The number of rotatable bonds is 3. The first-order valence-electron chi connectivity index (χ1n) is 6.61. The van der Waals surface area contributed by atoms with Crippen LogP contribution in [0, 0.1) is 5.92 Å². The van der Waals surface area contributed by atoms with E-state index in [1.54, 1.807) is 5.38 Å². The molecule has 2 heterocycles. The largest absolute Gasteiger partial charge is 0.492 e. The number of Topliss-reactive ketones (excluding diaryl/α,β-unsaturated/α-hetero) is 1. The van der Waals surface area contributed by atoms with Crippen molar-refractivity contribution in [2.24, 2.45) is 5.92 Å². The van der Waals surface area contributed by atoms with Gasteiger partial charge in [0.05, 0.1) is 5.92 Å². The number of fused-ring (bicyclic) bond motifs is 1. The quantitative estimate of drug-likeness (QED) is 0.885. The van der Waals surface area contributed by atoms with Crippen LogP contribution >= 0.6 is 11.3 Å². The molecule has 1 aromatic heterocycles. The average Bonchev–Trinajstić information content (AvgIpc) is 2.95. The average molecular weight is 302 g/mol. The van der Waals surface area contributed by atoms with E-state index in [0.717, 1.165) is 11.3 Å². The molecule has 0 spiro atoms. The lowest BCUT2D eigenvalue weighted by molar-refractivity contribution is -0.121. The summed E-state index contributed by atoms with van der Waals surface area (Å²) in [5.41, 5.74) is 1.41. The van der Waals surface area contributed by atoms with Crippen LogP contribution in [0.1, 0.15) is 23.0 Å². The predicted octanol–water partition coefficient (Wildman–Crippen LogP) is 2.54. The van der Waals surface area contributed by atoms with Crippen LogP contribution in [-0.2, 0) is 11.2 Å². The minimum Gasteiger partial charge on any atom is -0.492 e. The summed E-state index contributed by atoms with van der Waals surface area (Å²) in [6, 6.07) is 7.72. The van der Waals surface area contributed by atoms with E-state index in [1.807, 2.05) is 24.3 Å². The molecule has 0 saturated carbocycles. The van der Waals surface area contributed by atoms with Crippen molar-refractivity contribution in [2.45, 2.75) is 13.3 Å². The number of ether oxygens (including phenoxy) is 1. The molecule has 6 heteroatoms. The van der Waals surface area contributed by atoms with Gasteiger partial charge >= 0.3 is 0 Å². The zero-order chi connectivity index (χ0) is 14.8. The highest BCUT2D eigenvalue weighted by Gasteiger charge is 2.26. The first kappa shape index (κ1) is 13.8. The van der Waals surface area contributed by atoms with E-state index in [-0.39, 0.29) is 17.6 Å². The highest BCUT2D eigenvalue weighted by atomic mass is 32.1. The molecule has 1 aromatic carbocycles. The van der Waals surface area contributed by atoms with E-state index < -0.39 is 0 Å². The van der Waals surface area contributed by atoms with Crippen molar-refractivity contribution < 1.29 is 14.3 Å². The van der Waals surface area contributed by atoms with Crippen molar-refractivity contribution in [3.8, 4) is 5.75 Å². The summed E-state index contributed by atoms with van der Waals surface area (Å²) in [5, 5.41) is 4.85. The maximum atomic E-state index is 12.2. The number of thiazole rings is 1. The number of aromatic nitrogens is 1. The molecule has 3 rings (SSSR count). The SMILES string of the molecule is CC(=O)c1csc(NC(=O)C2COc3ccccc3C2)n1. The van der Waals surface area contributed by atoms with Gasteiger partial charge in [-0.2, -0.15) is 0 Å². The minimum absolute atomic E-state index is 0.110.